The maximum atomic E-state index is 14.0. The topological polar surface area (TPSA) is 249 Å². The minimum atomic E-state index is -0.725. The summed E-state index contributed by atoms with van der Waals surface area (Å²) in [5.41, 5.74) is 21.7. The van der Waals surface area contributed by atoms with Crippen molar-refractivity contribution in [2.24, 2.45) is 15.7 Å². The number of aliphatic imine (C=N–C) groups is 2. The lowest BCUT2D eigenvalue weighted by atomic mass is 9.78. The Morgan fingerprint density at radius 1 is 0.608 bits per heavy atom. The number of carbonyl (C=O) groups excluding carboxylic acids is 5. The van der Waals surface area contributed by atoms with Crippen LogP contribution in [0.3, 0.4) is 0 Å². The van der Waals surface area contributed by atoms with Crippen LogP contribution in [-0.4, -0.2) is 209 Å². The van der Waals surface area contributed by atoms with Crippen LogP contribution in [0.4, 0.5) is 22.7 Å². The Morgan fingerprint density at radius 3 is 1.82 bits per heavy atom. The summed E-state index contributed by atoms with van der Waals surface area (Å²) >= 11 is 0. The van der Waals surface area contributed by atoms with E-state index in [9.17, 15) is 24.0 Å². The molecule has 23 heteroatoms. The van der Waals surface area contributed by atoms with Crippen molar-refractivity contribution in [3.8, 4) is 22.9 Å². The van der Waals surface area contributed by atoms with Crippen LogP contribution in [0.2, 0.25) is 0 Å². The Labute approximate surface area is 600 Å². The lowest BCUT2D eigenvalue weighted by Gasteiger charge is -2.34. The van der Waals surface area contributed by atoms with Crippen molar-refractivity contribution in [2.45, 2.75) is 137 Å². The van der Waals surface area contributed by atoms with E-state index in [4.69, 9.17) is 30.2 Å². The van der Waals surface area contributed by atoms with Crippen LogP contribution in [0, 0.1) is 0 Å². The van der Waals surface area contributed by atoms with Crippen molar-refractivity contribution in [3.63, 3.8) is 0 Å². The van der Waals surface area contributed by atoms with Crippen LogP contribution in [0.25, 0.3) is 22.4 Å². The number of primary amides is 1. The second-order valence-corrected chi connectivity index (χ2v) is 29.9. The molecule has 0 unspecified atom stereocenters. The summed E-state index contributed by atoms with van der Waals surface area (Å²) in [7, 11) is 4.35. The number of fused-ring (bicyclic) bond motifs is 3. The van der Waals surface area contributed by atoms with Gasteiger partial charge in [-0.3, -0.25) is 38.6 Å². The van der Waals surface area contributed by atoms with E-state index in [1.165, 1.54) is 26.7 Å². The van der Waals surface area contributed by atoms with Crippen LogP contribution in [0.15, 0.2) is 107 Å². The summed E-state index contributed by atoms with van der Waals surface area (Å²) < 4.78 is 14.5. The fourth-order valence-electron chi connectivity index (χ4n) is 13.7. The molecule has 0 saturated carbocycles. The van der Waals surface area contributed by atoms with Crippen LogP contribution in [0.5, 0.6) is 11.5 Å². The second-order valence-electron chi connectivity index (χ2n) is 29.9. The first-order chi connectivity index (χ1) is 48.9. The number of piperazine rings is 2. The Kier molecular flexibility index (Phi) is 23.9. The summed E-state index contributed by atoms with van der Waals surface area (Å²) in [6.45, 7) is 26.4. The van der Waals surface area contributed by atoms with Gasteiger partial charge in [0.25, 0.3) is 0 Å². The maximum absolute atomic E-state index is 14.0. The summed E-state index contributed by atoms with van der Waals surface area (Å²) in [6.07, 6.45) is 6.32. The van der Waals surface area contributed by atoms with Gasteiger partial charge in [0.15, 0.2) is 0 Å². The van der Waals surface area contributed by atoms with Gasteiger partial charge < -0.3 is 59.8 Å². The molecule has 6 heterocycles. The zero-order valence-electron chi connectivity index (χ0n) is 61.6. The van der Waals surface area contributed by atoms with Gasteiger partial charge in [-0.2, -0.15) is 0 Å². The van der Waals surface area contributed by atoms with Gasteiger partial charge in [-0.05, 0) is 152 Å². The van der Waals surface area contributed by atoms with Gasteiger partial charge in [0, 0.05) is 132 Å². The number of hydrogen-bond donors (Lipinski definition) is 3. The van der Waals surface area contributed by atoms with E-state index in [1.54, 1.807) is 15.8 Å². The molecule has 0 spiro atoms. The molecule has 0 aliphatic carbocycles. The third-order valence-electron chi connectivity index (χ3n) is 19.5. The Bertz CT molecular complexity index is 4170. The number of hydrogen-bond acceptors (Lipinski definition) is 16. The lowest BCUT2D eigenvalue weighted by molar-refractivity contribution is -0.145. The normalized spacial score (nSPS) is 14.9. The van der Waals surface area contributed by atoms with Crippen LogP contribution in [-0.2, 0) is 60.7 Å². The number of imidazole rings is 1. The number of nitrogens with two attached hydrogens (primary N) is 1. The highest BCUT2D eigenvalue weighted by molar-refractivity contribution is 6.10. The Balaban J connectivity index is 0.603. The summed E-state index contributed by atoms with van der Waals surface area (Å²) in [4.78, 5) is 99.9. The number of nitrogens with zero attached hydrogens (tertiary/aromatic N) is 13. The van der Waals surface area contributed by atoms with Gasteiger partial charge in [-0.25, -0.2) is 4.98 Å². The van der Waals surface area contributed by atoms with E-state index >= 15 is 0 Å². The molecular weight excluding hydrogens is 1280 g/mol. The van der Waals surface area contributed by atoms with Crippen molar-refractivity contribution in [1.29, 1.82) is 0 Å². The number of benzene rings is 5. The van der Waals surface area contributed by atoms with Crippen molar-refractivity contribution >= 4 is 74.7 Å². The van der Waals surface area contributed by atoms with Gasteiger partial charge in [-0.1, -0.05) is 78.8 Å². The third kappa shape index (κ3) is 19.0. The summed E-state index contributed by atoms with van der Waals surface area (Å²) in [5, 5.41) is 11.5. The fraction of sp³-hybridized carbons (Fsp3) is 0.494. The van der Waals surface area contributed by atoms with Gasteiger partial charge in [0.1, 0.15) is 23.0 Å². The number of anilines is 2. The number of aryl methyl sites for hydroxylation is 1. The standard InChI is InChI=1S/C79H104N16O7/c1-11-28-92(73(98)20-15-39-101-62-18-13-17-54(43-62)68-46-56-41-55(21-24-65(56)82-68)69-47-57-42-60(22-25-66(57)83-69)90-35-31-88(9)32-36-90)52-74(99)93(29-12-2)53-75(100)94(51-71(80)96)49-59-50-95(87-86-59)30-16-27-81-72(97)19-14-40-102-76-63(78(3,4)5)44-58(45-64(76)79(6,7)8)77-84-67-26-23-61(48-70(67)85-77)91-37-33-89(10)34-38-91/h13,17-18,21-26,41-45,48,50H,11-12,14-16,19-20,27-40,46-47,49,51-53H2,1-10H3,(H2,80,96)(H,81,97)(H,84,85). The average Bonchev–Trinajstić information content (AvgIpc) is 1.09. The van der Waals surface area contributed by atoms with E-state index in [1.807, 2.05) is 38.1 Å². The van der Waals surface area contributed by atoms with Gasteiger partial charge in [0.2, 0.25) is 29.5 Å². The highest BCUT2D eigenvalue weighted by Crippen LogP contribution is 2.43. The van der Waals surface area contributed by atoms with E-state index in [0.717, 1.165) is 138 Å². The van der Waals surface area contributed by atoms with Gasteiger partial charge in [0.05, 0.1) is 79.4 Å². The molecule has 4 aliphatic heterocycles. The quantitative estimate of drug-likeness (QED) is 0.0342. The molecule has 542 valence electrons. The monoisotopic (exact) mass is 1390 g/mol. The van der Waals surface area contributed by atoms with E-state index < -0.39 is 18.4 Å². The molecule has 11 rings (SSSR count). The van der Waals surface area contributed by atoms with E-state index in [-0.39, 0.29) is 74.2 Å². The smallest absolute Gasteiger partial charge is 0.243 e. The number of likely N-dealkylation sites (N-methyl/N-ethyl adjacent to an activating group) is 2. The third-order valence-corrected chi connectivity index (χ3v) is 19.5. The molecule has 5 amide bonds. The number of nitrogens with one attached hydrogen (secondary N) is 2. The minimum Gasteiger partial charge on any atom is -0.494 e. The zero-order valence-corrected chi connectivity index (χ0v) is 61.6. The molecule has 4 aliphatic rings. The highest BCUT2D eigenvalue weighted by Gasteiger charge is 2.31. The number of amides is 5. The molecule has 102 heavy (non-hydrogen) atoms. The number of ether oxygens (including phenoxy) is 2. The molecule has 7 aromatic rings. The number of rotatable bonds is 31. The van der Waals surface area contributed by atoms with E-state index in [0.29, 0.717) is 76.2 Å². The van der Waals surface area contributed by atoms with Gasteiger partial charge in [-0.15, -0.1) is 5.10 Å². The largest absolute Gasteiger partial charge is 0.494 e. The fourth-order valence-corrected chi connectivity index (χ4v) is 13.7. The Morgan fingerprint density at radius 2 is 1.19 bits per heavy atom. The molecule has 0 bridgehead atoms. The molecule has 2 fully saturated rings. The number of aromatic amines is 1. The minimum absolute atomic E-state index is 0.0740. The number of H-pyrrole nitrogens is 1. The molecule has 0 radical (unpaired) electrons. The Hall–Kier alpha value is -9.48. The highest BCUT2D eigenvalue weighted by atomic mass is 16.5. The predicted octanol–water partition coefficient (Wildman–Crippen LogP) is 9.79. The van der Waals surface area contributed by atoms with Crippen LogP contribution < -0.4 is 30.3 Å². The molecule has 2 aromatic heterocycles. The van der Waals surface area contributed by atoms with Crippen molar-refractivity contribution in [2.75, 3.05) is 129 Å². The zero-order chi connectivity index (χ0) is 72.2. The van der Waals surface area contributed by atoms with Crippen molar-refractivity contribution in [1.82, 2.24) is 54.8 Å². The van der Waals surface area contributed by atoms with E-state index in [2.05, 4.69) is 163 Å². The molecule has 4 N–H and O–H groups in total. The molecule has 23 nitrogen and oxygen atoms in total. The average molecular weight is 1390 g/mol. The second kappa shape index (κ2) is 33.1. The summed E-state index contributed by atoms with van der Waals surface area (Å²) in [5.74, 6) is 0.455. The molecule has 5 aromatic carbocycles. The van der Waals surface area contributed by atoms with Crippen molar-refractivity contribution in [3.05, 3.63) is 136 Å². The molecule has 0 atom stereocenters. The van der Waals surface area contributed by atoms with Crippen LogP contribution >= 0.6 is 0 Å². The number of carbonyl (C=O) groups is 5. The van der Waals surface area contributed by atoms with Crippen LogP contribution in [0.1, 0.15) is 139 Å². The first-order valence-corrected chi connectivity index (χ1v) is 36.6. The SMILES string of the molecule is CCCN(CC(=O)N(CCC)CC(=O)N(CC(N)=O)Cc1cn(CCCNC(=O)CCCOc2c(C(C)(C)C)cc(-c3nc4ccc(N5CCN(C)CC5)cc4[nH]3)cc2C(C)(C)C)nn1)C(=O)CCCOc1cccc(C2=Nc3ccc(C4=Nc5ccc(N6CCN(C)CC6)cc5C4)cc3C2)c1. The molecular formula is C79H104N16O7. The predicted molar refractivity (Wildman–Crippen MR) is 403 cm³/mol. The first kappa shape index (κ1) is 73.7. The summed E-state index contributed by atoms with van der Waals surface area (Å²) in [6, 6.07) is 31.9. The maximum Gasteiger partial charge on any atom is 0.243 e. The van der Waals surface area contributed by atoms with Gasteiger partial charge >= 0.3 is 0 Å². The molecule has 2 saturated heterocycles. The lowest BCUT2D eigenvalue weighted by Crippen LogP contribution is -2.49. The first-order valence-electron chi connectivity index (χ1n) is 36.6. The van der Waals surface area contributed by atoms with Crippen molar-refractivity contribution < 1.29 is 33.4 Å². The number of aromatic nitrogens is 5.